The number of benzene rings is 3. The van der Waals surface area contributed by atoms with Crippen molar-refractivity contribution < 1.29 is 37.4 Å². The first-order valence-electron chi connectivity index (χ1n) is 15.6. The van der Waals surface area contributed by atoms with E-state index in [-0.39, 0.29) is 37.2 Å². The number of sulfonamides is 1. The van der Waals surface area contributed by atoms with E-state index < -0.39 is 22.0 Å². The van der Waals surface area contributed by atoms with E-state index in [0.29, 0.717) is 36.0 Å². The molecule has 0 heterocycles. The molecule has 0 bridgehead atoms. The molecule has 49 heavy (non-hydrogen) atoms. The molecule has 0 aromatic heterocycles. The van der Waals surface area contributed by atoms with Gasteiger partial charge in [0.05, 0.1) is 19.8 Å². The molecule has 13 heteroatoms. The molecule has 1 atom stereocenters. The van der Waals surface area contributed by atoms with Crippen molar-refractivity contribution >= 4 is 39.4 Å². The van der Waals surface area contributed by atoms with Crippen LogP contribution in [0.15, 0.2) is 72.8 Å². The minimum atomic E-state index is -3.49. The van der Waals surface area contributed by atoms with Gasteiger partial charge in [-0.15, -0.1) is 0 Å². The SMILES string of the molecule is COc1cc(CCNC(=O)[C@@H](NS(C)(=O)=O)C(C)C)ccc1OCC#Cc1ccc(Cl)cc1.O=C(O)CCC(=O)NCCc1ccccc1. The van der Waals surface area contributed by atoms with E-state index in [4.69, 9.17) is 26.2 Å². The lowest BCUT2D eigenvalue weighted by Crippen LogP contribution is -2.49. The average molecular weight is 714 g/mol. The maximum Gasteiger partial charge on any atom is 0.303 e. The molecule has 0 radical (unpaired) electrons. The molecule has 2 amide bonds. The lowest BCUT2D eigenvalue weighted by Gasteiger charge is -2.20. The number of amides is 2. The second kappa shape index (κ2) is 21.4. The molecule has 0 aliphatic carbocycles. The number of aliphatic carboxylic acids is 1. The molecule has 0 aliphatic heterocycles. The zero-order valence-electron chi connectivity index (χ0n) is 28.1. The predicted molar refractivity (Wildman–Crippen MR) is 190 cm³/mol. The summed E-state index contributed by atoms with van der Waals surface area (Å²) in [5, 5.41) is 14.5. The molecule has 3 rings (SSSR count). The number of ether oxygens (including phenoxy) is 2. The van der Waals surface area contributed by atoms with Crippen LogP contribution in [0.5, 0.6) is 11.5 Å². The lowest BCUT2D eigenvalue weighted by atomic mass is 10.0. The largest absolute Gasteiger partial charge is 0.493 e. The topological polar surface area (TPSA) is 160 Å². The van der Waals surface area contributed by atoms with Gasteiger partial charge in [-0.05, 0) is 66.3 Å². The summed E-state index contributed by atoms with van der Waals surface area (Å²) in [7, 11) is -1.94. The van der Waals surface area contributed by atoms with Crippen LogP contribution in [0.3, 0.4) is 0 Å². The van der Waals surface area contributed by atoms with E-state index in [9.17, 15) is 22.8 Å². The molecule has 0 spiro atoms. The highest BCUT2D eigenvalue weighted by atomic mass is 35.5. The van der Waals surface area contributed by atoms with Crippen LogP contribution < -0.4 is 24.8 Å². The molecule has 3 aromatic rings. The number of carboxylic acids is 1. The van der Waals surface area contributed by atoms with Crippen LogP contribution >= 0.6 is 11.6 Å². The Labute approximate surface area is 293 Å². The van der Waals surface area contributed by atoms with E-state index in [1.807, 2.05) is 54.6 Å². The summed E-state index contributed by atoms with van der Waals surface area (Å²) >= 11 is 5.86. The van der Waals surface area contributed by atoms with Crippen LogP contribution in [-0.4, -0.2) is 70.4 Å². The van der Waals surface area contributed by atoms with Crippen LogP contribution in [0, 0.1) is 17.8 Å². The Balaban J connectivity index is 0.000000435. The first-order chi connectivity index (χ1) is 23.3. The van der Waals surface area contributed by atoms with Gasteiger partial charge in [-0.2, -0.15) is 0 Å². The van der Waals surface area contributed by atoms with Crippen LogP contribution in [0.4, 0.5) is 0 Å². The van der Waals surface area contributed by atoms with E-state index >= 15 is 0 Å². The molecule has 4 N–H and O–H groups in total. The fourth-order valence-corrected chi connectivity index (χ4v) is 5.20. The second-order valence-corrected chi connectivity index (χ2v) is 13.4. The summed E-state index contributed by atoms with van der Waals surface area (Å²) in [4.78, 5) is 33.8. The summed E-state index contributed by atoms with van der Waals surface area (Å²) < 4.78 is 36.5. The number of carbonyl (C=O) groups is 3. The molecule has 0 aliphatic rings. The van der Waals surface area contributed by atoms with Crippen molar-refractivity contribution in [1.82, 2.24) is 15.4 Å². The van der Waals surface area contributed by atoms with E-state index in [2.05, 4.69) is 27.2 Å². The summed E-state index contributed by atoms with van der Waals surface area (Å²) in [5.74, 6) is 5.38. The van der Waals surface area contributed by atoms with E-state index in [0.717, 1.165) is 29.4 Å². The minimum Gasteiger partial charge on any atom is -0.493 e. The smallest absolute Gasteiger partial charge is 0.303 e. The zero-order valence-corrected chi connectivity index (χ0v) is 29.7. The Kier molecular flexibility index (Phi) is 17.7. The maximum atomic E-state index is 12.4. The minimum absolute atomic E-state index is 0.0458. The fourth-order valence-electron chi connectivity index (χ4n) is 4.23. The Morgan fingerprint density at radius 1 is 0.878 bits per heavy atom. The number of carbonyl (C=O) groups excluding carboxylic acids is 2. The van der Waals surface area contributed by atoms with Crippen molar-refractivity contribution in [2.75, 3.05) is 33.1 Å². The maximum absolute atomic E-state index is 12.4. The van der Waals surface area contributed by atoms with Gasteiger partial charge >= 0.3 is 5.97 Å². The highest BCUT2D eigenvalue weighted by molar-refractivity contribution is 7.88. The second-order valence-electron chi connectivity index (χ2n) is 11.2. The van der Waals surface area contributed by atoms with Gasteiger partial charge in [0.1, 0.15) is 12.6 Å². The molecule has 0 fully saturated rings. The summed E-state index contributed by atoms with van der Waals surface area (Å²) in [5.41, 5.74) is 2.93. The van der Waals surface area contributed by atoms with Crippen molar-refractivity contribution in [3.05, 3.63) is 94.5 Å². The molecule has 11 nitrogen and oxygen atoms in total. The van der Waals surface area contributed by atoms with Gasteiger partial charge in [0, 0.05) is 30.1 Å². The highest BCUT2D eigenvalue weighted by Crippen LogP contribution is 2.28. The average Bonchev–Trinajstić information content (AvgIpc) is 3.06. The van der Waals surface area contributed by atoms with Crippen molar-refractivity contribution in [3.63, 3.8) is 0 Å². The van der Waals surface area contributed by atoms with Crippen molar-refractivity contribution in [2.45, 2.75) is 45.6 Å². The molecule has 0 saturated heterocycles. The van der Waals surface area contributed by atoms with E-state index in [1.165, 1.54) is 0 Å². The zero-order chi connectivity index (χ0) is 36.2. The van der Waals surface area contributed by atoms with Crippen molar-refractivity contribution in [3.8, 4) is 23.3 Å². The number of methoxy groups -OCH3 is 1. The summed E-state index contributed by atoms with van der Waals surface area (Å²) in [6, 6.07) is 21.7. The third-order valence-corrected chi connectivity index (χ3v) is 7.69. The van der Waals surface area contributed by atoms with Gasteiger partial charge in [-0.3, -0.25) is 14.4 Å². The number of halogens is 1. The van der Waals surface area contributed by atoms with Gasteiger partial charge in [0.15, 0.2) is 11.5 Å². The highest BCUT2D eigenvalue weighted by Gasteiger charge is 2.25. The predicted octanol–water partition coefficient (Wildman–Crippen LogP) is 4.22. The Morgan fingerprint density at radius 3 is 2.14 bits per heavy atom. The Bertz CT molecular complexity index is 1670. The van der Waals surface area contributed by atoms with Gasteiger partial charge in [-0.25, -0.2) is 13.1 Å². The fraction of sp³-hybridized carbons (Fsp3) is 0.361. The van der Waals surface area contributed by atoms with Crippen LogP contribution in [0.1, 0.15) is 43.4 Å². The van der Waals surface area contributed by atoms with Gasteiger partial charge in [0.25, 0.3) is 0 Å². The van der Waals surface area contributed by atoms with Gasteiger partial charge in [0.2, 0.25) is 21.8 Å². The third-order valence-electron chi connectivity index (χ3n) is 6.75. The Hall–Kier alpha value is -4.57. The molecule has 0 saturated carbocycles. The number of hydrogen-bond donors (Lipinski definition) is 4. The lowest BCUT2D eigenvalue weighted by molar-refractivity contribution is -0.138. The van der Waals surface area contributed by atoms with E-state index in [1.54, 1.807) is 39.2 Å². The summed E-state index contributed by atoms with van der Waals surface area (Å²) in [6.07, 6.45) is 2.28. The number of hydrogen-bond acceptors (Lipinski definition) is 7. The summed E-state index contributed by atoms with van der Waals surface area (Å²) in [6.45, 7) is 4.65. The van der Waals surface area contributed by atoms with Crippen LogP contribution in [0.2, 0.25) is 5.02 Å². The Morgan fingerprint density at radius 2 is 1.53 bits per heavy atom. The number of carboxylic acid groups (broad SMARTS) is 1. The van der Waals surface area contributed by atoms with Gasteiger partial charge in [-0.1, -0.05) is 73.7 Å². The number of rotatable bonds is 16. The first-order valence-corrected chi connectivity index (χ1v) is 17.9. The van der Waals surface area contributed by atoms with Crippen molar-refractivity contribution in [1.29, 1.82) is 0 Å². The first kappa shape index (κ1) is 40.6. The number of nitrogens with one attached hydrogen (secondary N) is 3. The monoisotopic (exact) mass is 713 g/mol. The molecular formula is C36H44ClN3O8S. The molecule has 0 unspecified atom stereocenters. The van der Waals surface area contributed by atoms with Crippen LogP contribution in [-0.2, 0) is 37.2 Å². The van der Waals surface area contributed by atoms with Crippen LogP contribution in [0.25, 0.3) is 0 Å². The molecular weight excluding hydrogens is 670 g/mol. The quantitative estimate of drug-likeness (QED) is 0.161. The van der Waals surface area contributed by atoms with Crippen molar-refractivity contribution in [2.24, 2.45) is 5.92 Å². The molecule has 3 aromatic carbocycles. The molecule has 264 valence electrons. The third kappa shape index (κ3) is 17.4. The standard InChI is InChI=1S/C24H29ClN2O5S.C12H15NO3/c1-17(2)23(27-33(4,29)30)24(28)26-14-13-19-9-12-21(22(16-19)31-3)32-15-5-6-18-7-10-20(25)11-8-18;14-11(6-7-12(15)16)13-9-8-10-4-2-1-3-5-10/h7-12,16-17,23,27H,13-15H2,1-4H3,(H,26,28);1-5H,6-9H2,(H,13,14)(H,15,16)/t23-;/m0./s1. The van der Waals surface area contributed by atoms with Gasteiger partial charge < -0.3 is 25.2 Å². The normalized spacial score (nSPS) is 11.2.